The number of fused-ring (bicyclic) bond motifs is 3. The number of benzene rings is 2. The molecule has 3 aromatic rings. The van der Waals surface area contributed by atoms with E-state index in [9.17, 15) is 0 Å². The molecule has 0 amide bonds. The fourth-order valence-corrected chi connectivity index (χ4v) is 9.83. The van der Waals surface area contributed by atoms with Crippen molar-refractivity contribution in [2.75, 3.05) is 0 Å². The van der Waals surface area contributed by atoms with Crippen LogP contribution in [0.5, 0.6) is 0 Å². The summed E-state index contributed by atoms with van der Waals surface area (Å²) in [6.07, 6.45) is 5.92. The van der Waals surface area contributed by atoms with Crippen LogP contribution in [0, 0.1) is 0 Å². The normalized spacial score (nSPS) is 14.9. The number of hydrogen-bond donors (Lipinski definition) is 0. The van der Waals surface area contributed by atoms with Gasteiger partial charge >= 0.3 is 210 Å². The second kappa shape index (κ2) is 10.2. The van der Waals surface area contributed by atoms with Crippen LogP contribution < -0.4 is 24.8 Å². The van der Waals surface area contributed by atoms with Gasteiger partial charge in [0.25, 0.3) is 0 Å². The topological polar surface area (TPSA) is 0 Å². The van der Waals surface area contributed by atoms with Crippen molar-refractivity contribution in [1.82, 2.24) is 0 Å². The molecule has 0 spiro atoms. The van der Waals surface area contributed by atoms with Gasteiger partial charge in [0, 0.05) is 0 Å². The summed E-state index contributed by atoms with van der Waals surface area (Å²) < 4.78 is 2.34. The second-order valence-electron chi connectivity index (χ2n) is 11.2. The molecule has 0 fully saturated rings. The maximum Gasteiger partial charge on any atom is -1.00 e. The summed E-state index contributed by atoms with van der Waals surface area (Å²) in [5, 5.41) is 4.53. The first-order chi connectivity index (χ1) is 15.1. The van der Waals surface area contributed by atoms with E-state index in [0.717, 1.165) is 6.42 Å². The number of thiophene rings is 1. The number of halogens is 2. The molecule has 0 aliphatic heterocycles. The molecule has 4 heteroatoms. The molecule has 0 N–H and O–H groups in total. The summed E-state index contributed by atoms with van der Waals surface area (Å²) in [4.78, 5) is 0. The van der Waals surface area contributed by atoms with Crippen LogP contribution in [0.25, 0.3) is 16.7 Å². The van der Waals surface area contributed by atoms with Gasteiger partial charge in [-0.25, -0.2) is 0 Å². The number of rotatable bonds is 3. The summed E-state index contributed by atoms with van der Waals surface area (Å²) in [5.74, 6) is 0. The molecule has 0 unspecified atom stereocenters. The molecule has 0 saturated carbocycles. The van der Waals surface area contributed by atoms with Gasteiger partial charge in [0.15, 0.2) is 0 Å². The van der Waals surface area contributed by atoms with Gasteiger partial charge in [0.1, 0.15) is 0 Å². The first kappa shape index (κ1) is 27.7. The van der Waals surface area contributed by atoms with Gasteiger partial charge in [0.2, 0.25) is 0 Å². The Hall–Kier alpha value is -0.917. The molecular weight excluding hydrogens is 555 g/mol. The van der Waals surface area contributed by atoms with Crippen molar-refractivity contribution in [3.63, 3.8) is 0 Å². The molecule has 1 heterocycles. The minimum atomic E-state index is -0.883. The summed E-state index contributed by atoms with van der Waals surface area (Å²) >= 11 is 0.926. The summed E-state index contributed by atoms with van der Waals surface area (Å²) in [7, 11) is 0. The Labute approximate surface area is 233 Å². The largest absolute Gasteiger partial charge is 1.00 e. The van der Waals surface area contributed by atoms with E-state index in [1.54, 1.807) is 14.4 Å². The van der Waals surface area contributed by atoms with E-state index in [0.29, 0.717) is 3.63 Å². The van der Waals surface area contributed by atoms with E-state index in [4.69, 9.17) is 0 Å². The van der Waals surface area contributed by atoms with Crippen molar-refractivity contribution in [2.24, 2.45) is 0 Å². The van der Waals surface area contributed by atoms with Crippen LogP contribution >= 0.6 is 11.3 Å². The quantitative estimate of drug-likeness (QED) is 0.443. The van der Waals surface area contributed by atoms with Crippen LogP contribution in [0.1, 0.15) is 79.4 Å². The summed E-state index contributed by atoms with van der Waals surface area (Å²) in [6.45, 7) is 14.0. The number of allylic oxidation sites excluding steroid dienone is 4. The van der Waals surface area contributed by atoms with E-state index in [2.05, 4.69) is 107 Å². The van der Waals surface area contributed by atoms with Crippen LogP contribution in [-0.4, -0.2) is 0 Å². The molecule has 2 aromatic carbocycles. The van der Waals surface area contributed by atoms with Gasteiger partial charge in [-0.15, -0.1) is 0 Å². The van der Waals surface area contributed by atoms with Crippen molar-refractivity contribution >= 4 is 16.9 Å². The molecule has 2 aliphatic carbocycles. The molecular formula is C30H32Cl2SZr. The standard InChI is InChI=1S/C21H25.C9H7S.2ClH.Zr/c1-20(2,3)16-7-9-18-14(12-16)11-15-13-17(21(4,5)6)8-10-19(15)18;1-2-4-8(3-1)9-5-6-10-7-9;;;/h7-13H,1-6H3;1,3,5-7H,2H2;2*1H;/q;;;;+2/p-2. The van der Waals surface area contributed by atoms with Crippen LogP contribution in [0.15, 0.2) is 68.7 Å². The zero-order chi connectivity index (χ0) is 22.7. The third-order valence-electron chi connectivity index (χ3n) is 6.83. The molecule has 0 atom stereocenters. The Balaban J connectivity index is 0.00000162. The predicted octanol–water partition coefficient (Wildman–Crippen LogP) is 2.87. The van der Waals surface area contributed by atoms with Crippen LogP contribution in [0.2, 0.25) is 0 Å². The summed E-state index contributed by atoms with van der Waals surface area (Å²) in [5.41, 5.74) is 12.3. The molecule has 34 heavy (non-hydrogen) atoms. The summed E-state index contributed by atoms with van der Waals surface area (Å²) in [6, 6.07) is 16.9. The first-order valence-electron chi connectivity index (χ1n) is 11.6. The van der Waals surface area contributed by atoms with E-state index in [-0.39, 0.29) is 35.6 Å². The van der Waals surface area contributed by atoms with Crippen molar-refractivity contribution in [1.29, 1.82) is 0 Å². The Morgan fingerprint density at radius 2 is 1.35 bits per heavy atom. The van der Waals surface area contributed by atoms with Gasteiger partial charge < -0.3 is 24.8 Å². The molecule has 1 aromatic heterocycles. The van der Waals surface area contributed by atoms with E-state index in [1.165, 1.54) is 33.4 Å². The van der Waals surface area contributed by atoms with Gasteiger partial charge in [-0.2, -0.15) is 0 Å². The minimum absolute atomic E-state index is 0. The van der Waals surface area contributed by atoms with Crippen LogP contribution in [0.3, 0.4) is 0 Å². The minimum Gasteiger partial charge on any atom is -1.00 e. The Bertz CT molecular complexity index is 1170. The zero-order valence-electron chi connectivity index (χ0n) is 20.8. The molecule has 0 radical (unpaired) electrons. The Kier molecular flexibility index (Phi) is 8.31. The van der Waals surface area contributed by atoms with Crippen molar-refractivity contribution in [3.8, 4) is 11.1 Å². The molecule has 2 aliphatic rings. The molecule has 0 saturated heterocycles. The third kappa shape index (κ3) is 5.13. The van der Waals surface area contributed by atoms with Gasteiger partial charge in [0.05, 0.1) is 0 Å². The molecule has 0 nitrogen and oxygen atoms in total. The number of hydrogen-bond acceptors (Lipinski definition) is 1. The Morgan fingerprint density at radius 3 is 1.82 bits per heavy atom. The molecule has 5 rings (SSSR count). The molecule has 176 valence electrons. The Morgan fingerprint density at radius 1 is 0.794 bits per heavy atom. The molecule has 0 bridgehead atoms. The maximum atomic E-state index is 2.55. The zero-order valence-corrected chi connectivity index (χ0v) is 25.6. The predicted molar refractivity (Wildman–Crippen MR) is 136 cm³/mol. The van der Waals surface area contributed by atoms with Gasteiger partial charge in [-0.1, -0.05) is 0 Å². The average molecular weight is 587 g/mol. The van der Waals surface area contributed by atoms with E-state index >= 15 is 0 Å². The fraction of sp³-hybridized carbons (Fsp3) is 0.333. The monoisotopic (exact) mass is 584 g/mol. The smallest absolute Gasteiger partial charge is 1.00 e. The first-order valence-corrected chi connectivity index (χ1v) is 15.2. The maximum absolute atomic E-state index is 2.55. The fourth-order valence-electron chi connectivity index (χ4n) is 4.85. The van der Waals surface area contributed by atoms with Crippen molar-refractivity contribution < 1.29 is 48.0 Å². The SMILES string of the molecule is CC(C)(C)c1ccc2c(c1)[CH]([Zr+2][C]1=C(c3ccsc3)C=CC1)c1cc(C(C)(C)C)ccc1-2.[Cl-].[Cl-]. The van der Waals surface area contributed by atoms with Gasteiger partial charge in [-0.05, 0) is 0 Å². The van der Waals surface area contributed by atoms with E-state index in [1.807, 2.05) is 11.3 Å². The van der Waals surface area contributed by atoms with Crippen LogP contribution in [-0.2, 0) is 34.1 Å². The van der Waals surface area contributed by atoms with Gasteiger partial charge in [-0.3, -0.25) is 0 Å². The third-order valence-corrected chi connectivity index (χ3v) is 11.8. The van der Waals surface area contributed by atoms with Crippen molar-refractivity contribution in [3.05, 3.63) is 96.5 Å². The van der Waals surface area contributed by atoms with E-state index < -0.39 is 23.2 Å². The average Bonchev–Trinajstić information content (AvgIpc) is 3.46. The van der Waals surface area contributed by atoms with Crippen LogP contribution in [0.4, 0.5) is 0 Å². The second-order valence-corrected chi connectivity index (χ2v) is 15.6. The van der Waals surface area contributed by atoms with Crippen molar-refractivity contribution in [2.45, 2.75) is 62.4 Å².